The van der Waals surface area contributed by atoms with E-state index in [1.165, 1.54) is 12.1 Å². The third-order valence-corrected chi connectivity index (χ3v) is 8.28. The fraction of sp³-hybridized carbons (Fsp3) is 0.515. The van der Waals surface area contributed by atoms with Gasteiger partial charge >= 0.3 is 6.09 Å². The van der Waals surface area contributed by atoms with Crippen LogP contribution in [-0.4, -0.2) is 56.0 Å². The lowest BCUT2D eigenvalue weighted by Gasteiger charge is -2.33. The Balaban J connectivity index is 1.26. The molecule has 1 aliphatic rings. The number of rotatable bonds is 11. The molecule has 1 fully saturated rings. The molecule has 0 saturated carbocycles. The van der Waals surface area contributed by atoms with Crippen molar-refractivity contribution >= 4 is 35.5 Å². The van der Waals surface area contributed by atoms with Crippen molar-refractivity contribution in [1.29, 1.82) is 0 Å². The number of ether oxygens (including phenoxy) is 2. The summed E-state index contributed by atoms with van der Waals surface area (Å²) in [7, 11) is 0. The first-order valence-corrected chi connectivity index (χ1v) is 16.4. The average molecular weight is 660 g/mol. The molecule has 244 valence electrons. The zero-order valence-corrected chi connectivity index (χ0v) is 28.6. The van der Waals surface area contributed by atoms with E-state index in [4.69, 9.17) is 21.1 Å². The summed E-state index contributed by atoms with van der Waals surface area (Å²) in [6, 6.07) is 9.39. The first-order valence-electron chi connectivity index (χ1n) is 15.2. The van der Waals surface area contributed by atoms with Crippen LogP contribution < -0.4 is 9.46 Å². The summed E-state index contributed by atoms with van der Waals surface area (Å²) in [5.74, 6) is 0.221. The summed E-state index contributed by atoms with van der Waals surface area (Å²) in [4.78, 5) is 31.8. The number of hydrogen-bond acceptors (Lipinski definition) is 7. The summed E-state index contributed by atoms with van der Waals surface area (Å²) < 4.78 is 30.1. The van der Waals surface area contributed by atoms with Crippen molar-refractivity contribution in [3.8, 4) is 17.0 Å². The van der Waals surface area contributed by atoms with Gasteiger partial charge in [-0.05, 0) is 96.0 Å². The summed E-state index contributed by atoms with van der Waals surface area (Å²) in [6.07, 6.45) is 4.41. The van der Waals surface area contributed by atoms with Crippen LogP contribution in [0, 0.1) is 17.7 Å². The summed E-state index contributed by atoms with van der Waals surface area (Å²) in [5, 5.41) is 5.20. The fourth-order valence-corrected chi connectivity index (χ4v) is 6.08. The molecule has 3 aromatic rings. The predicted octanol–water partition coefficient (Wildman–Crippen LogP) is 8.03. The van der Waals surface area contributed by atoms with Crippen molar-refractivity contribution in [2.45, 2.75) is 90.4 Å². The number of carbonyl (C=O) groups is 2. The molecule has 45 heavy (non-hydrogen) atoms. The van der Waals surface area contributed by atoms with Gasteiger partial charge in [0.15, 0.2) is 0 Å². The number of amides is 2. The van der Waals surface area contributed by atoms with Crippen molar-refractivity contribution in [2.75, 3.05) is 13.2 Å². The lowest BCUT2D eigenvalue weighted by Crippen LogP contribution is -2.45. The van der Waals surface area contributed by atoms with E-state index in [2.05, 4.69) is 28.7 Å². The maximum Gasteiger partial charge on any atom is 0.410 e. The Labute approximate surface area is 274 Å². The smallest absolute Gasteiger partial charge is 0.410 e. The second kappa shape index (κ2) is 14.4. The van der Waals surface area contributed by atoms with Crippen molar-refractivity contribution < 1.29 is 23.5 Å². The molecule has 0 bridgehead atoms. The second-order valence-corrected chi connectivity index (χ2v) is 14.7. The van der Waals surface area contributed by atoms with Crippen LogP contribution in [0.25, 0.3) is 11.3 Å². The SMILES string of the molecule is CC(C)COc1cc(F)cc(-c2ccc(C(=O)NSc3ccn(CCCC4CN(C(=O)OC(C)(C)C)C(C)(C)C4)n3)c(Cl)n2)c1. The van der Waals surface area contributed by atoms with Gasteiger partial charge in [0.1, 0.15) is 27.3 Å². The van der Waals surface area contributed by atoms with Crippen LogP contribution in [0.15, 0.2) is 47.6 Å². The van der Waals surface area contributed by atoms with E-state index in [1.54, 1.807) is 18.2 Å². The second-order valence-electron chi connectivity index (χ2n) is 13.5. The molecule has 9 nitrogen and oxygen atoms in total. The van der Waals surface area contributed by atoms with E-state index in [-0.39, 0.29) is 22.3 Å². The molecule has 1 unspecified atom stereocenters. The van der Waals surface area contributed by atoms with Gasteiger partial charge in [-0.25, -0.2) is 14.2 Å². The number of aromatic nitrogens is 3. The van der Waals surface area contributed by atoms with Crippen LogP contribution in [-0.2, 0) is 11.3 Å². The average Bonchev–Trinajstić information content (AvgIpc) is 3.52. The van der Waals surface area contributed by atoms with Gasteiger partial charge in [-0.1, -0.05) is 25.4 Å². The van der Waals surface area contributed by atoms with Gasteiger partial charge in [-0.15, -0.1) is 0 Å². The lowest BCUT2D eigenvalue weighted by molar-refractivity contribution is 0.0130. The number of pyridine rings is 1. The minimum absolute atomic E-state index is 0.00497. The molecule has 4 rings (SSSR count). The molecule has 0 radical (unpaired) electrons. The fourth-order valence-electron chi connectivity index (χ4n) is 5.26. The molecular formula is C33H43ClFN5O4S. The van der Waals surface area contributed by atoms with Crippen molar-refractivity contribution in [3.05, 3.63) is 59.1 Å². The molecule has 1 atom stereocenters. The molecule has 1 saturated heterocycles. The molecule has 1 aliphatic heterocycles. The Hall–Kier alpha value is -3.31. The van der Waals surface area contributed by atoms with Crippen LogP contribution >= 0.6 is 23.5 Å². The van der Waals surface area contributed by atoms with Gasteiger partial charge < -0.3 is 14.4 Å². The first kappa shape index (κ1) is 34.6. The Kier molecular flexibility index (Phi) is 11.1. The Morgan fingerprint density at radius 3 is 2.64 bits per heavy atom. The molecule has 0 spiro atoms. The number of likely N-dealkylation sites (tertiary alicyclic amines) is 1. The largest absolute Gasteiger partial charge is 0.493 e. The Morgan fingerprint density at radius 1 is 1.20 bits per heavy atom. The monoisotopic (exact) mass is 659 g/mol. The summed E-state index contributed by atoms with van der Waals surface area (Å²) in [5.41, 5.74) is 0.353. The van der Waals surface area contributed by atoms with Gasteiger partial charge in [0.25, 0.3) is 5.91 Å². The van der Waals surface area contributed by atoms with Crippen LogP contribution in [0.1, 0.15) is 78.1 Å². The highest BCUT2D eigenvalue weighted by Crippen LogP contribution is 2.36. The van der Waals surface area contributed by atoms with Gasteiger partial charge in [0.2, 0.25) is 0 Å². The van der Waals surface area contributed by atoms with Gasteiger partial charge in [-0.3, -0.25) is 14.2 Å². The molecule has 12 heteroatoms. The van der Waals surface area contributed by atoms with E-state index < -0.39 is 17.3 Å². The van der Waals surface area contributed by atoms with Gasteiger partial charge in [-0.2, -0.15) is 5.10 Å². The number of halogens is 2. The predicted molar refractivity (Wildman–Crippen MR) is 175 cm³/mol. The van der Waals surface area contributed by atoms with Crippen molar-refractivity contribution in [2.24, 2.45) is 11.8 Å². The number of hydrogen-bond donors (Lipinski definition) is 1. The van der Waals surface area contributed by atoms with Crippen molar-refractivity contribution in [3.63, 3.8) is 0 Å². The van der Waals surface area contributed by atoms with Gasteiger partial charge in [0.05, 0.1) is 17.9 Å². The third-order valence-electron chi connectivity index (χ3n) is 7.28. The molecule has 3 heterocycles. The maximum absolute atomic E-state index is 14.2. The number of nitrogens with one attached hydrogen (secondary N) is 1. The molecular weight excluding hydrogens is 617 g/mol. The lowest BCUT2D eigenvalue weighted by atomic mass is 9.93. The Bertz CT molecular complexity index is 1510. The Morgan fingerprint density at radius 2 is 1.96 bits per heavy atom. The van der Waals surface area contributed by atoms with Crippen LogP contribution in [0.2, 0.25) is 5.15 Å². The van der Waals surface area contributed by atoms with E-state index in [9.17, 15) is 14.0 Å². The molecule has 1 aromatic carbocycles. The highest BCUT2D eigenvalue weighted by molar-refractivity contribution is 7.97. The molecule has 0 aliphatic carbocycles. The first-order chi connectivity index (χ1) is 21.1. The third kappa shape index (κ3) is 9.84. The highest BCUT2D eigenvalue weighted by Gasteiger charge is 2.42. The highest BCUT2D eigenvalue weighted by atomic mass is 35.5. The topological polar surface area (TPSA) is 98.6 Å². The summed E-state index contributed by atoms with van der Waals surface area (Å²) >= 11 is 7.46. The zero-order chi connectivity index (χ0) is 32.9. The van der Waals surface area contributed by atoms with E-state index >= 15 is 0 Å². The minimum atomic E-state index is -0.522. The standard InChI is InChI=1S/C33H43ClFN5O4S/c1-21(2)20-43-25-16-23(15-24(35)17-25)27-11-10-26(29(34)36-27)30(41)38-45-28-12-14-39(37-28)13-8-9-22-18-33(6,7)40(19-22)31(42)44-32(3,4)5/h10-12,14-17,21-22H,8-9,13,18-20H2,1-7H3,(H,38,41). The van der Waals surface area contributed by atoms with Crippen LogP contribution in [0.4, 0.5) is 9.18 Å². The minimum Gasteiger partial charge on any atom is -0.493 e. The van der Waals surface area contributed by atoms with E-state index in [1.807, 2.05) is 56.5 Å². The summed E-state index contributed by atoms with van der Waals surface area (Å²) in [6.45, 7) is 15.7. The van der Waals surface area contributed by atoms with Gasteiger partial charge in [0, 0.05) is 48.4 Å². The molecule has 1 N–H and O–H groups in total. The normalized spacial score (nSPS) is 16.2. The number of nitrogens with zero attached hydrogens (tertiary/aromatic N) is 4. The number of benzene rings is 1. The van der Waals surface area contributed by atoms with Crippen LogP contribution in [0.5, 0.6) is 5.75 Å². The maximum atomic E-state index is 14.2. The number of carbonyl (C=O) groups excluding carboxylic acids is 2. The number of aryl methyl sites for hydroxylation is 1. The zero-order valence-electron chi connectivity index (χ0n) is 27.0. The van der Waals surface area contributed by atoms with Crippen LogP contribution in [0.3, 0.4) is 0 Å². The van der Waals surface area contributed by atoms with E-state index in [0.29, 0.717) is 47.0 Å². The quantitative estimate of drug-likeness (QED) is 0.164. The van der Waals surface area contributed by atoms with Crippen molar-refractivity contribution in [1.82, 2.24) is 24.4 Å². The molecule has 2 amide bonds. The molecule has 2 aromatic heterocycles. The van der Waals surface area contributed by atoms with E-state index in [0.717, 1.165) is 37.8 Å².